The molecule has 0 heterocycles. The van der Waals surface area contributed by atoms with Gasteiger partial charge in [0.05, 0.1) is 10.0 Å². The molecule has 0 saturated carbocycles. The van der Waals surface area contributed by atoms with Crippen molar-refractivity contribution in [1.82, 2.24) is 0 Å². The predicted octanol–water partition coefficient (Wildman–Crippen LogP) is 3.17. The first-order chi connectivity index (χ1) is 7.10. The number of anilines is 1. The molecule has 1 unspecified atom stereocenters. The van der Waals surface area contributed by atoms with Crippen molar-refractivity contribution >= 4 is 28.9 Å². The van der Waals surface area contributed by atoms with Crippen molar-refractivity contribution in [2.24, 2.45) is 5.73 Å². The minimum Gasteiger partial charge on any atom is -0.368 e. The first kappa shape index (κ1) is 12.6. The van der Waals surface area contributed by atoms with Gasteiger partial charge in [0, 0.05) is 24.8 Å². The fraction of sp³-hybridized carbons (Fsp3) is 0.455. The molecule has 0 aliphatic rings. The molecule has 2 N–H and O–H groups in total. The summed E-state index contributed by atoms with van der Waals surface area (Å²) in [4.78, 5) is 2.20. The smallest absolute Gasteiger partial charge is 0.0612 e. The van der Waals surface area contributed by atoms with Crippen LogP contribution in [0.1, 0.15) is 13.8 Å². The van der Waals surface area contributed by atoms with E-state index in [4.69, 9.17) is 28.9 Å². The Kier molecular flexibility index (Phi) is 4.71. The molecule has 0 radical (unpaired) electrons. The standard InChI is InChI=1S/C11H16Cl2N2/c1-3-15(8(2)7-14)9-4-5-10(12)11(13)6-9/h4-6,8H,3,7,14H2,1-2H3. The van der Waals surface area contributed by atoms with Crippen LogP contribution in [0.4, 0.5) is 5.69 Å². The van der Waals surface area contributed by atoms with E-state index in [-0.39, 0.29) is 0 Å². The highest BCUT2D eigenvalue weighted by molar-refractivity contribution is 6.42. The Balaban J connectivity index is 2.97. The van der Waals surface area contributed by atoms with Gasteiger partial charge in [0.25, 0.3) is 0 Å². The second-order valence-electron chi connectivity index (χ2n) is 3.47. The lowest BCUT2D eigenvalue weighted by atomic mass is 10.2. The average Bonchev–Trinajstić information content (AvgIpc) is 2.24. The fourth-order valence-electron chi connectivity index (χ4n) is 1.54. The normalized spacial score (nSPS) is 12.6. The number of benzene rings is 1. The molecular weight excluding hydrogens is 231 g/mol. The summed E-state index contributed by atoms with van der Waals surface area (Å²) in [6, 6.07) is 5.95. The maximum absolute atomic E-state index is 5.97. The third-order valence-corrected chi connectivity index (χ3v) is 3.19. The van der Waals surface area contributed by atoms with Crippen LogP contribution in [0.3, 0.4) is 0 Å². The van der Waals surface area contributed by atoms with Crippen molar-refractivity contribution in [3.8, 4) is 0 Å². The molecule has 0 aromatic heterocycles. The van der Waals surface area contributed by atoms with E-state index < -0.39 is 0 Å². The van der Waals surface area contributed by atoms with Crippen LogP contribution >= 0.6 is 23.2 Å². The number of hydrogen-bond donors (Lipinski definition) is 1. The van der Waals surface area contributed by atoms with E-state index in [2.05, 4.69) is 18.7 Å². The molecule has 1 atom stereocenters. The zero-order chi connectivity index (χ0) is 11.4. The summed E-state index contributed by atoms with van der Waals surface area (Å²) in [5.74, 6) is 0. The summed E-state index contributed by atoms with van der Waals surface area (Å²) >= 11 is 11.8. The highest BCUT2D eigenvalue weighted by Crippen LogP contribution is 2.27. The molecular formula is C11H16Cl2N2. The Morgan fingerprint density at radius 1 is 1.33 bits per heavy atom. The number of halogens is 2. The fourth-order valence-corrected chi connectivity index (χ4v) is 1.83. The summed E-state index contributed by atoms with van der Waals surface area (Å²) in [5.41, 5.74) is 6.71. The maximum Gasteiger partial charge on any atom is 0.0612 e. The zero-order valence-electron chi connectivity index (χ0n) is 9.00. The van der Waals surface area contributed by atoms with E-state index in [0.717, 1.165) is 12.2 Å². The Labute approximate surface area is 101 Å². The highest BCUT2D eigenvalue weighted by atomic mass is 35.5. The summed E-state index contributed by atoms with van der Waals surface area (Å²) in [6.45, 7) is 5.70. The molecule has 0 saturated heterocycles. The van der Waals surface area contributed by atoms with Gasteiger partial charge in [-0.2, -0.15) is 0 Å². The van der Waals surface area contributed by atoms with Gasteiger partial charge in [-0.15, -0.1) is 0 Å². The van der Waals surface area contributed by atoms with Crippen LogP contribution in [0.2, 0.25) is 10.0 Å². The third-order valence-electron chi connectivity index (χ3n) is 2.45. The second-order valence-corrected chi connectivity index (χ2v) is 4.28. The lowest BCUT2D eigenvalue weighted by molar-refractivity contribution is 0.657. The van der Waals surface area contributed by atoms with Crippen LogP contribution in [0.25, 0.3) is 0 Å². The van der Waals surface area contributed by atoms with Gasteiger partial charge in [-0.25, -0.2) is 0 Å². The maximum atomic E-state index is 5.97. The van der Waals surface area contributed by atoms with Crippen LogP contribution in [0, 0.1) is 0 Å². The minimum atomic E-state index is 0.298. The van der Waals surface area contributed by atoms with Crippen LogP contribution < -0.4 is 10.6 Å². The van der Waals surface area contributed by atoms with Gasteiger partial charge in [-0.3, -0.25) is 0 Å². The average molecular weight is 247 g/mol. The Hall–Kier alpha value is -0.440. The van der Waals surface area contributed by atoms with Crippen molar-refractivity contribution in [3.05, 3.63) is 28.2 Å². The van der Waals surface area contributed by atoms with Gasteiger partial charge in [-0.05, 0) is 32.0 Å². The van der Waals surface area contributed by atoms with Gasteiger partial charge in [0.2, 0.25) is 0 Å². The molecule has 0 bridgehead atoms. The van der Waals surface area contributed by atoms with Crippen molar-refractivity contribution in [1.29, 1.82) is 0 Å². The Bertz CT molecular complexity index is 328. The van der Waals surface area contributed by atoms with E-state index in [1.54, 1.807) is 0 Å². The predicted molar refractivity (Wildman–Crippen MR) is 68.0 cm³/mol. The topological polar surface area (TPSA) is 29.3 Å². The first-order valence-corrected chi connectivity index (χ1v) is 5.77. The van der Waals surface area contributed by atoms with Crippen LogP contribution in [0.5, 0.6) is 0 Å². The van der Waals surface area contributed by atoms with Crippen molar-refractivity contribution < 1.29 is 0 Å². The van der Waals surface area contributed by atoms with Gasteiger partial charge in [0.1, 0.15) is 0 Å². The van der Waals surface area contributed by atoms with Gasteiger partial charge < -0.3 is 10.6 Å². The molecule has 0 amide bonds. The van der Waals surface area contributed by atoms with Gasteiger partial charge in [0.15, 0.2) is 0 Å². The van der Waals surface area contributed by atoms with E-state index in [0.29, 0.717) is 22.6 Å². The highest BCUT2D eigenvalue weighted by Gasteiger charge is 2.12. The molecule has 2 nitrogen and oxygen atoms in total. The number of rotatable bonds is 4. The van der Waals surface area contributed by atoms with Crippen molar-refractivity contribution in [3.63, 3.8) is 0 Å². The Morgan fingerprint density at radius 3 is 2.47 bits per heavy atom. The van der Waals surface area contributed by atoms with E-state index in [1.807, 2.05) is 18.2 Å². The molecule has 0 aliphatic heterocycles. The van der Waals surface area contributed by atoms with E-state index >= 15 is 0 Å². The third kappa shape index (κ3) is 3.00. The number of hydrogen-bond acceptors (Lipinski definition) is 2. The number of nitrogens with zero attached hydrogens (tertiary/aromatic N) is 1. The molecule has 4 heteroatoms. The molecule has 1 rings (SSSR count). The number of likely N-dealkylation sites (N-methyl/N-ethyl adjacent to an activating group) is 1. The van der Waals surface area contributed by atoms with Crippen molar-refractivity contribution in [2.75, 3.05) is 18.0 Å². The van der Waals surface area contributed by atoms with Gasteiger partial charge in [-0.1, -0.05) is 23.2 Å². The molecule has 0 aliphatic carbocycles. The summed E-state index contributed by atoms with van der Waals surface area (Å²) < 4.78 is 0. The van der Waals surface area contributed by atoms with Crippen LogP contribution in [-0.2, 0) is 0 Å². The molecule has 1 aromatic carbocycles. The monoisotopic (exact) mass is 246 g/mol. The van der Waals surface area contributed by atoms with Crippen molar-refractivity contribution in [2.45, 2.75) is 19.9 Å². The van der Waals surface area contributed by atoms with E-state index in [1.165, 1.54) is 0 Å². The summed E-state index contributed by atoms with van der Waals surface area (Å²) in [7, 11) is 0. The molecule has 0 fully saturated rings. The molecule has 15 heavy (non-hydrogen) atoms. The van der Waals surface area contributed by atoms with Crippen LogP contribution in [0.15, 0.2) is 18.2 Å². The summed E-state index contributed by atoms with van der Waals surface area (Å²) in [6.07, 6.45) is 0. The largest absolute Gasteiger partial charge is 0.368 e. The second kappa shape index (κ2) is 5.59. The molecule has 0 spiro atoms. The molecule has 1 aromatic rings. The quantitative estimate of drug-likeness (QED) is 0.885. The minimum absolute atomic E-state index is 0.298. The lowest BCUT2D eigenvalue weighted by Crippen LogP contribution is -2.38. The lowest BCUT2D eigenvalue weighted by Gasteiger charge is -2.29. The van der Waals surface area contributed by atoms with E-state index in [9.17, 15) is 0 Å². The summed E-state index contributed by atoms with van der Waals surface area (Å²) in [5, 5.41) is 1.16. The SMILES string of the molecule is CCN(c1ccc(Cl)c(Cl)c1)C(C)CN. The Morgan fingerprint density at radius 2 is 2.00 bits per heavy atom. The van der Waals surface area contributed by atoms with Crippen LogP contribution in [-0.4, -0.2) is 19.1 Å². The van der Waals surface area contributed by atoms with Gasteiger partial charge >= 0.3 is 0 Å². The molecule has 84 valence electrons. The first-order valence-electron chi connectivity index (χ1n) is 5.01. The zero-order valence-corrected chi connectivity index (χ0v) is 10.5. The number of nitrogens with two attached hydrogens (primary N) is 1.